The van der Waals surface area contributed by atoms with Crippen LogP contribution in [0.4, 0.5) is 0 Å². The molecule has 0 fully saturated rings. The van der Waals surface area contributed by atoms with Gasteiger partial charge in [-0.05, 0) is 5.56 Å². The van der Waals surface area contributed by atoms with Crippen LogP contribution in [0.1, 0.15) is 18.9 Å². The quantitative estimate of drug-likeness (QED) is 0.629. The normalized spacial score (nSPS) is 10.1. The minimum atomic E-state index is -0.862. The maximum atomic E-state index is 11.7. The second-order valence-electron chi connectivity index (χ2n) is 4.97. The molecule has 0 bridgehead atoms. The van der Waals surface area contributed by atoms with Crippen LogP contribution in [0.3, 0.4) is 0 Å². The van der Waals surface area contributed by atoms with Gasteiger partial charge in [0.15, 0.2) is 0 Å². The van der Waals surface area contributed by atoms with Crippen molar-refractivity contribution in [3.05, 3.63) is 35.9 Å². The van der Waals surface area contributed by atoms with Gasteiger partial charge in [-0.25, -0.2) is 0 Å². The molecule has 0 aliphatic heterocycles. The molecule has 126 valence electrons. The van der Waals surface area contributed by atoms with E-state index >= 15 is 0 Å². The number of carboxylic acids is 1. The smallest absolute Gasteiger partial charge is 0.313 e. The maximum absolute atomic E-state index is 11.7. The SMILES string of the molecule is CC(=O)N(CCC(=O)NCCSCC(=O)O)Cc1ccccc1. The number of hydrogen-bond donors (Lipinski definition) is 2. The van der Waals surface area contributed by atoms with Crippen LogP contribution in [-0.4, -0.2) is 52.4 Å². The number of benzene rings is 1. The van der Waals surface area contributed by atoms with E-state index in [0.29, 0.717) is 25.4 Å². The fourth-order valence-electron chi connectivity index (χ4n) is 1.90. The number of carboxylic acid groups (broad SMARTS) is 1. The summed E-state index contributed by atoms with van der Waals surface area (Å²) in [6.07, 6.45) is 0.232. The Bertz CT molecular complexity index is 522. The van der Waals surface area contributed by atoms with Gasteiger partial charge in [0.1, 0.15) is 0 Å². The van der Waals surface area contributed by atoms with E-state index in [-0.39, 0.29) is 24.0 Å². The molecule has 23 heavy (non-hydrogen) atoms. The van der Waals surface area contributed by atoms with E-state index < -0.39 is 5.97 Å². The second kappa shape index (κ2) is 10.7. The average Bonchev–Trinajstić information content (AvgIpc) is 2.51. The van der Waals surface area contributed by atoms with Crippen molar-refractivity contribution in [1.29, 1.82) is 0 Å². The molecule has 1 aromatic carbocycles. The molecule has 1 rings (SSSR count). The van der Waals surface area contributed by atoms with Gasteiger partial charge in [-0.3, -0.25) is 14.4 Å². The molecule has 2 amide bonds. The highest BCUT2D eigenvalue weighted by Crippen LogP contribution is 2.05. The lowest BCUT2D eigenvalue weighted by molar-refractivity contribution is -0.134. The molecule has 0 aliphatic carbocycles. The number of nitrogens with zero attached hydrogens (tertiary/aromatic N) is 1. The molecule has 0 spiro atoms. The molecule has 0 saturated carbocycles. The number of carbonyl (C=O) groups excluding carboxylic acids is 2. The number of rotatable bonds is 10. The van der Waals surface area contributed by atoms with Gasteiger partial charge in [0.2, 0.25) is 11.8 Å². The Kier molecular flexibility index (Phi) is 8.82. The van der Waals surface area contributed by atoms with Crippen molar-refractivity contribution in [3.8, 4) is 0 Å². The number of nitrogens with one attached hydrogen (secondary N) is 1. The van der Waals surface area contributed by atoms with Crippen LogP contribution >= 0.6 is 11.8 Å². The van der Waals surface area contributed by atoms with Crippen LogP contribution in [0.25, 0.3) is 0 Å². The summed E-state index contributed by atoms with van der Waals surface area (Å²) in [6, 6.07) is 9.62. The fourth-order valence-corrected chi connectivity index (χ4v) is 2.46. The van der Waals surface area contributed by atoms with Crippen LogP contribution in [0.5, 0.6) is 0 Å². The van der Waals surface area contributed by atoms with E-state index in [2.05, 4.69) is 5.32 Å². The molecule has 1 aromatic rings. The van der Waals surface area contributed by atoms with E-state index in [1.54, 1.807) is 4.90 Å². The van der Waals surface area contributed by atoms with Gasteiger partial charge in [-0.1, -0.05) is 30.3 Å². The Morgan fingerprint density at radius 3 is 2.52 bits per heavy atom. The third-order valence-corrected chi connectivity index (χ3v) is 4.01. The molecule has 0 aliphatic rings. The first-order valence-electron chi connectivity index (χ1n) is 7.34. The molecular formula is C16H22N2O4S. The fraction of sp³-hybridized carbons (Fsp3) is 0.438. The highest BCUT2D eigenvalue weighted by Gasteiger charge is 2.11. The van der Waals surface area contributed by atoms with Gasteiger partial charge in [-0.2, -0.15) is 0 Å². The lowest BCUT2D eigenvalue weighted by Crippen LogP contribution is -2.34. The largest absolute Gasteiger partial charge is 0.481 e. The van der Waals surface area contributed by atoms with Gasteiger partial charge < -0.3 is 15.3 Å². The van der Waals surface area contributed by atoms with Gasteiger partial charge in [-0.15, -0.1) is 11.8 Å². The number of amides is 2. The Balaban J connectivity index is 2.28. The minimum absolute atomic E-state index is 0.0328. The Morgan fingerprint density at radius 1 is 1.22 bits per heavy atom. The predicted molar refractivity (Wildman–Crippen MR) is 90.1 cm³/mol. The van der Waals surface area contributed by atoms with Gasteiger partial charge >= 0.3 is 5.97 Å². The highest BCUT2D eigenvalue weighted by atomic mass is 32.2. The molecular weight excluding hydrogens is 316 g/mol. The van der Waals surface area contributed by atoms with Gasteiger partial charge in [0.05, 0.1) is 5.75 Å². The topological polar surface area (TPSA) is 86.7 Å². The van der Waals surface area contributed by atoms with Gasteiger partial charge in [0.25, 0.3) is 0 Å². The molecule has 7 heteroatoms. The molecule has 0 atom stereocenters. The Morgan fingerprint density at radius 2 is 1.91 bits per heavy atom. The number of thioether (sulfide) groups is 1. The van der Waals surface area contributed by atoms with Crippen LogP contribution in [0.2, 0.25) is 0 Å². The van der Waals surface area contributed by atoms with Crippen LogP contribution in [0, 0.1) is 0 Å². The first-order valence-corrected chi connectivity index (χ1v) is 8.50. The summed E-state index contributed by atoms with van der Waals surface area (Å²) in [5.74, 6) is -0.484. The van der Waals surface area contributed by atoms with E-state index in [4.69, 9.17) is 5.11 Å². The number of hydrogen-bond acceptors (Lipinski definition) is 4. The van der Waals surface area contributed by atoms with E-state index in [9.17, 15) is 14.4 Å². The van der Waals surface area contributed by atoms with Crippen LogP contribution in [-0.2, 0) is 20.9 Å². The first kappa shape index (κ1) is 19.0. The summed E-state index contributed by atoms with van der Waals surface area (Å²) in [7, 11) is 0. The number of carbonyl (C=O) groups is 3. The summed E-state index contributed by atoms with van der Waals surface area (Å²) in [5.41, 5.74) is 1.02. The zero-order valence-corrected chi connectivity index (χ0v) is 14.0. The number of aliphatic carboxylic acids is 1. The van der Waals surface area contributed by atoms with Crippen LogP contribution in [0.15, 0.2) is 30.3 Å². The van der Waals surface area contributed by atoms with E-state index in [1.807, 2.05) is 30.3 Å². The Hall–Kier alpha value is -2.02. The molecule has 2 N–H and O–H groups in total. The van der Waals surface area contributed by atoms with E-state index in [0.717, 1.165) is 5.56 Å². The average molecular weight is 338 g/mol. The molecule has 0 radical (unpaired) electrons. The molecule has 0 saturated heterocycles. The molecule has 0 unspecified atom stereocenters. The summed E-state index contributed by atoms with van der Waals surface area (Å²) in [5, 5.41) is 11.2. The van der Waals surface area contributed by atoms with Crippen LogP contribution < -0.4 is 5.32 Å². The second-order valence-corrected chi connectivity index (χ2v) is 6.08. The monoisotopic (exact) mass is 338 g/mol. The third kappa shape index (κ3) is 8.87. The summed E-state index contributed by atoms with van der Waals surface area (Å²) in [4.78, 5) is 35.4. The van der Waals surface area contributed by atoms with Crippen molar-refractivity contribution >= 4 is 29.5 Å². The molecule has 6 nitrogen and oxygen atoms in total. The van der Waals surface area contributed by atoms with Crippen molar-refractivity contribution in [2.24, 2.45) is 0 Å². The summed E-state index contributed by atoms with van der Waals surface area (Å²) in [6.45, 7) is 2.76. The first-order chi connectivity index (χ1) is 11.0. The summed E-state index contributed by atoms with van der Waals surface area (Å²) < 4.78 is 0. The van der Waals surface area contributed by atoms with Crippen molar-refractivity contribution < 1.29 is 19.5 Å². The molecule has 0 aromatic heterocycles. The zero-order chi connectivity index (χ0) is 17.1. The van der Waals surface area contributed by atoms with Crippen molar-refractivity contribution in [3.63, 3.8) is 0 Å². The van der Waals surface area contributed by atoms with Gasteiger partial charge in [0, 0.05) is 38.7 Å². The molecule has 0 heterocycles. The third-order valence-electron chi connectivity index (χ3n) is 3.06. The van der Waals surface area contributed by atoms with Crippen molar-refractivity contribution in [2.75, 3.05) is 24.6 Å². The Labute approximate surface area is 140 Å². The summed E-state index contributed by atoms with van der Waals surface area (Å²) >= 11 is 1.26. The van der Waals surface area contributed by atoms with Crippen molar-refractivity contribution in [2.45, 2.75) is 19.9 Å². The van der Waals surface area contributed by atoms with E-state index in [1.165, 1.54) is 18.7 Å². The lowest BCUT2D eigenvalue weighted by atomic mass is 10.2. The minimum Gasteiger partial charge on any atom is -0.481 e. The standard InChI is InChI=1S/C16H22N2O4S/c1-13(19)18(11-14-5-3-2-4-6-14)9-7-15(20)17-8-10-23-12-16(21)22/h2-6H,7-12H2,1H3,(H,17,20)(H,21,22). The predicted octanol–water partition coefficient (Wildman–Crippen LogP) is 1.36. The van der Waals surface area contributed by atoms with Crippen molar-refractivity contribution in [1.82, 2.24) is 10.2 Å². The maximum Gasteiger partial charge on any atom is 0.313 e. The zero-order valence-electron chi connectivity index (χ0n) is 13.2. The highest BCUT2D eigenvalue weighted by molar-refractivity contribution is 7.99. The lowest BCUT2D eigenvalue weighted by Gasteiger charge is -2.21.